The Kier molecular flexibility index (Phi) is 9.01. The average molecular weight is 520 g/mol. The molecule has 2 fully saturated rings. The topological polar surface area (TPSA) is 23.6 Å². The number of hydrogen-bond donors (Lipinski definition) is 0. The number of thiophene rings is 1. The Morgan fingerprint density at radius 3 is 2.29 bits per heavy atom. The van der Waals surface area contributed by atoms with Crippen molar-refractivity contribution in [1.29, 1.82) is 0 Å². The molecule has 1 aromatic heterocycles. The molecule has 0 unspecified atom stereocenters. The summed E-state index contributed by atoms with van der Waals surface area (Å²) in [7, 11) is 0. The normalized spacial score (nSPS) is 19.0. The van der Waals surface area contributed by atoms with E-state index in [-0.39, 0.29) is 11.7 Å². The molecule has 2 saturated heterocycles. The monoisotopic (exact) mass is 518 g/mol. The Bertz CT molecular complexity index is 1040. The molecule has 3 nitrogen and oxygen atoms in total. The van der Waals surface area contributed by atoms with Gasteiger partial charge in [-0.1, -0.05) is 53.5 Å². The van der Waals surface area contributed by atoms with Gasteiger partial charge in [0.1, 0.15) is 5.82 Å². The van der Waals surface area contributed by atoms with E-state index in [1.54, 1.807) is 41.7 Å². The van der Waals surface area contributed by atoms with E-state index >= 15 is 0 Å². The van der Waals surface area contributed by atoms with Crippen LogP contribution in [0.5, 0.6) is 0 Å². The predicted molar refractivity (Wildman–Crippen MR) is 140 cm³/mol. The number of amides is 1. The Balaban J connectivity index is 0.000000486. The summed E-state index contributed by atoms with van der Waals surface area (Å²) in [5.41, 5.74) is 1.72. The number of likely N-dealkylation sites (tertiary alicyclic amines) is 2. The highest BCUT2D eigenvalue weighted by molar-refractivity contribution is 7.07. The first-order valence-corrected chi connectivity index (χ1v) is 13.4. The summed E-state index contributed by atoms with van der Waals surface area (Å²) in [6, 6.07) is 16.2. The van der Waals surface area contributed by atoms with Gasteiger partial charge >= 0.3 is 0 Å². The Hall–Kier alpha value is -1.92. The third-order valence-corrected chi connectivity index (χ3v) is 8.07. The van der Waals surface area contributed by atoms with Gasteiger partial charge < -0.3 is 9.80 Å². The highest BCUT2D eigenvalue weighted by atomic mass is 35.5. The summed E-state index contributed by atoms with van der Waals surface area (Å²) >= 11 is 14.0. The van der Waals surface area contributed by atoms with Gasteiger partial charge in [-0.25, -0.2) is 4.39 Å². The van der Waals surface area contributed by atoms with E-state index in [1.165, 1.54) is 5.56 Å². The first kappa shape index (κ1) is 25.2. The highest BCUT2D eigenvalue weighted by Crippen LogP contribution is 2.31. The lowest BCUT2D eigenvalue weighted by Crippen LogP contribution is -2.37. The zero-order chi connectivity index (χ0) is 23.9. The van der Waals surface area contributed by atoms with Crippen molar-refractivity contribution in [2.45, 2.75) is 25.2 Å². The van der Waals surface area contributed by atoms with Crippen molar-refractivity contribution in [1.82, 2.24) is 9.80 Å². The average Bonchev–Trinajstić information content (AvgIpc) is 3.57. The van der Waals surface area contributed by atoms with Crippen LogP contribution in [0.25, 0.3) is 0 Å². The van der Waals surface area contributed by atoms with E-state index in [9.17, 15) is 9.18 Å². The Labute approximate surface area is 215 Å². The number of carbonyl (C=O) groups excluding carboxylic acids is 1. The molecule has 2 aliphatic rings. The van der Waals surface area contributed by atoms with Crippen LogP contribution in [0.15, 0.2) is 65.4 Å². The highest BCUT2D eigenvalue weighted by Gasteiger charge is 2.30. The van der Waals surface area contributed by atoms with E-state index in [4.69, 9.17) is 23.2 Å². The van der Waals surface area contributed by atoms with Crippen molar-refractivity contribution in [3.63, 3.8) is 0 Å². The maximum absolute atomic E-state index is 13.1. The summed E-state index contributed by atoms with van der Waals surface area (Å²) in [6.07, 6.45) is 3.21. The first-order valence-electron chi connectivity index (χ1n) is 11.7. The number of rotatable bonds is 4. The minimum atomic E-state index is -0.175. The molecule has 34 heavy (non-hydrogen) atoms. The van der Waals surface area contributed by atoms with Crippen LogP contribution in [0, 0.1) is 11.7 Å². The molecule has 7 heteroatoms. The number of benzene rings is 2. The summed E-state index contributed by atoms with van der Waals surface area (Å²) < 4.78 is 13.1. The van der Waals surface area contributed by atoms with Gasteiger partial charge in [0, 0.05) is 19.6 Å². The van der Waals surface area contributed by atoms with E-state index in [0.717, 1.165) is 52.0 Å². The van der Waals surface area contributed by atoms with Crippen LogP contribution in [-0.4, -0.2) is 48.4 Å². The first-order chi connectivity index (χ1) is 16.5. The van der Waals surface area contributed by atoms with Crippen molar-refractivity contribution in [2.75, 3.05) is 32.7 Å². The second-order valence-corrected chi connectivity index (χ2v) is 10.5. The van der Waals surface area contributed by atoms with Crippen molar-refractivity contribution in [2.24, 2.45) is 5.92 Å². The molecule has 0 N–H and O–H groups in total. The fourth-order valence-corrected chi connectivity index (χ4v) is 5.62. The van der Waals surface area contributed by atoms with E-state index < -0.39 is 0 Å². The smallest absolute Gasteiger partial charge is 0.255 e. The summed E-state index contributed by atoms with van der Waals surface area (Å²) in [6.45, 7) is 4.64. The lowest BCUT2D eigenvalue weighted by atomic mass is 9.89. The van der Waals surface area contributed by atoms with Gasteiger partial charge in [-0.3, -0.25) is 4.79 Å². The third-order valence-electron chi connectivity index (χ3n) is 6.63. The number of piperidine rings is 1. The summed E-state index contributed by atoms with van der Waals surface area (Å²) in [5, 5.41) is 4.84. The largest absolute Gasteiger partial charge is 0.338 e. The number of halogens is 3. The Morgan fingerprint density at radius 2 is 1.65 bits per heavy atom. The van der Waals surface area contributed by atoms with E-state index in [2.05, 4.69) is 4.90 Å². The molecule has 180 valence electrons. The fraction of sp³-hybridized carbons (Fsp3) is 0.370. The number of hydrogen-bond acceptors (Lipinski definition) is 3. The second kappa shape index (κ2) is 12.2. The molecule has 0 bridgehead atoms. The van der Waals surface area contributed by atoms with Crippen LogP contribution >= 0.6 is 34.5 Å². The quantitative estimate of drug-likeness (QED) is 0.363. The predicted octanol–water partition coefficient (Wildman–Crippen LogP) is 7.22. The number of carbonyl (C=O) groups is 1. The van der Waals surface area contributed by atoms with Crippen molar-refractivity contribution in [3.8, 4) is 0 Å². The molecule has 1 atom stereocenters. The molecule has 0 radical (unpaired) electrons. The number of nitrogens with zero attached hydrogens (tertiary/aromatic N) is 2. The van der Waals surface area contributed by atoms with Crippen LogP contribution < -0.4 is 0 Å². The van der Waals surface area contributed by atoms with Crippen LogP contribution in [0.1, 0.15) is 41.1 Å². The molecule has 1 amide bonds. The molecule has 3 heterocycles. The van der Waals surface area contributed by atoms with Gasteiger partial charge in [0.15, 0.2) is 0 Å². The van der Waals surface area contributed by atoms with E-state index in [0.29, 0.717) is 27.4 Å². The van der Waals surface area contributed by atoms with Crippen molar-refractivity contribution < 1.29 is 9.18 Å². The van der Waals surface area contributed by atoms with Crippen LogP contribution in [0.3, 0.4) is 0 Å². The SMILES string of the molecule is O=C(c1cccc(Cl)c1Cl)N1CC[C@H](CN2CCC(c3ccc(F)cc3)CC2)C1.c1ccsc1. The van der Waals surface area contributed by atoms with Crippen molar-refractivity contribution in [3.05, 3.63) is 92.3 Å². The molecule has 2 aliphatic heterocycles. The van der Waals surface area contributed by atoms with Gasteiger partial charge in [0.05, 0.1) is 15.6 Å². The zero-order valence-corrected chi connectivity index (χ0v) is 21.3. The molecule has 3 aromatic rings. The lowest BCUT2D eigenvalue weighted by Gasteiger charge is -2.33. The fourth-order valence-electron chi connectivity index (χ4n) is 4.78. The molecule has 2 aromatic carbocycles. The van der Waals surface area contributed by atoms with Gasteiger partial charge in [-0.2, -0.15) is 11.3 Å². The molecule has 0 saturated carbocycles. The zero-order valence-electron chi connectivity index (χ0n) is 19.0. The van der Waals surface area contributed by atoms with Gasteiger partial charge in [0.2, 0.25) is 0 Å². The molecule has 0 spiro atoms. The molecule has 0 aliphatic carbocycles. The van der Waals surface area contributed by atoms with Crippen LogP contribution in [0.2, 0.25) is 10.0 Å². The second-order valence-electron chi connectivity index (χ2n) is 8.93. The van der Waals surface area contributed by atoms with Crippen molar-refractivity contribution >= 4 is 40.4 Å². The van der Waals surface area contributed by atoms with Crippen LogP contribution in [-0.2, 0) is 0 Å². The maximum Gasteiger partial charge on any atom is 0.255 e. The van der Waals surface area contributed by atoms with Gasteiger partial charge in [0.25, 0.3) is 5.91 Å². The molecular formula is C27H29Cl2FN2OS. The van der Waals surface area contributed by atoms with Gasteiger partial charge in [-0.05, 0) is 84.8 Å². The summed E-state index contributed by atoms with van der Waals surface area (Å²) in [5.74, 6) is 0.790. The third kappa shape index (κ3) is 6.60. The maximum atomic E-state index is 13.1. The van der Waals surface area contributed by atoms with E-state index in [1.807, 2.05) is 39.9 Å². The Morgan fingerprint density at radius 1 is 0.941 bits per heavy atom. The lowest BCUT2D eigenvalue weighted by molar-refractivity contribution is 0.0782. The van der Waals surface area contributed by atoms with Crippen LogP contribution in [0.4, 0.5) is 4.39 Å². The minimum absolute atomic E-state index is 0.0324. The minimum Gasteiger partial charge on any atom is -0.338 e. The standard InChI is InChI=1S/C23H25Cl2FN2O.C4H4S/c24-21-3-1-2-20(22(21)25)23(29)28-13-8-16(15-28)14-27-11-9-18(10-12-27)17-4-6-19(26)7-5-17;1-2-4-5-3-1/h1-7,16,18H,8-15H2;1-4H/t16-;/m1./s1. The molecule has 5 rings (SSSR count). The van der Waals surface area contributed by atoms with Gasteiger partial charge in [-0.15, -0.1) is 0 Å². The summed E-state index contributed by atoms with van der Waals surface area (Å²) in [4.78, 5) is 17.2. The molecular weight excluding hydrogens is 490 g/mol.